The Balaban J connectivity index is 2.05. The molecule has 106 valence electrons. The van der Waals surface area contributed by atoms with Crippen molar-refractivity contribution in [2.24, 2.45) is 17.1 Å². The topological polar surface area (TPSA) is 55.1 Å². The summed E-state index contributed by atoms with van der Waals surface area (Å²) in [5.74, 6) is 5.04. The quantitative estimate of drug-likeness (QED) is 0.827. The summed E-state index contributed by atoms with van der Waals surface area (Å²) >= 11 is 0. The summed E-state index contributed by atoms with van der Waals surface area (Å²) in [7, 11) is 0. The highest BCUT2D eigenvalue weighted by Crippen LogP contribution is 2.50. The van der Waals surface area contributed by atoms with E-state index < -0.39 is 5.82 Å². The largest absolute Gasteiger partial charge is 0.352 e. The summed E-state index contributed by atoms with van der Waals surface area (Å²) in [6.07, 6.45) is 1.10. The molecule has 1 atom stereocenters. The molecule has 0 bridgehead atoms. The molecule has 4 heteroatoms. The second kappa shape index (κ2) is 5.64. The molecule has 1 aromatic rings. The second-order valence-corrected chi connectivity index (χ2v) is 5.80. The van der Waals surface area contributed by atoms with Crippen LogP contribution in [0.25, 0.3) is 0 Å². The highest BCUT2D eigenvalue weighted by molar-refractivity contribution is 5.94. The number of nitrogens with two attached hydrogens (primary N) is 1. The number of rotatable bonds is 3. The second-order valence-electron chi connectivity index (χ2n) is 5.80. The molecule has 3 N–H and O–H groups in total. The lowest BCUT2D eigenvalue weighted by molar-refractivity contribution is 0.0946. The van der Waals surface area contributed by atoms with E-state index in [-0.39, 0.29) is 18.0 Å². The van der Waals surface area contributed by atoms with Crippen molar-refractivity contribution in [3.63, 3.8) is 0 Å². The lowest BCUT2D eigenvalue weighted by Crippen LogP contribution is -2.27. The Kier molecular flexibility index (Phi) is 4.10. The van der Waals surface area contributed by atoms with E-state index in [9.17, 15) is 9.18 Å². The van der Waals surface area contributed by atoms with E-state index in [0.29, 0.717) is 23.4 Å². The van der Waals surface area contributed by atoms with Crippen molar-refractivity contribution >= 4 is 5.91 Å². The van der Waals surface area contributed by atoms with E-state index in [1.165, 1.54) is 12.1 Å². The Morgan fingerprint density at radius 1 is 1.55 bits per heavy atom. The van der Waals surface area contributed by atoms with Crippen LogP contribution >= 0.6 is 0 Å². The minimum atomic E-state index is -0.532. The van der Waals surface area contributed by atoms with Gasteiger partial charge in [-0.05, 0) is 36.0 Å². The first kappa shape index (κ1) is 14.5. The van der Waals surface area contributed by atoms with Gasteiger partial charge in [-0.2, -0.15) is 0 Å². The zero-order valence-electron chi connectivity index (χ0n) is 11.8. The van der Waals surface area contributed by atoms with Gasteiger partial charge in [0, 0.05) is 12.1 Å². The lowest BCUT2D eigenvalue weighted by Gasteiger charge is -2.07. The maximum atomic E-state index is 13.7. The van der Waals surface area contributed by atoms with Crippen LogP contribution in [0.3, 0.4) is 0 Å². The summed E-state index contributed by atoms with van der Waals surface area (Å²) in [6.45, 7) is 5.14. The number of carbonyl (C=O) groups is 1. The molecule has 0 aromatic heterocycles. The Labute approximate surface area is 118 Å². The smallest absolute Gasteiger partial charge is 0.254 e. The van der Waals surface area contributed by atoms with Gasteiger partial charge in [-0.1, -0.05) is 25.7 Å². The van der Waals surface area contributed by atoms with Crippen molar-refractivity contribution in [1.82, 2.24) is 5.32 Å². The minimum absolute atomic E-state index is 0.0345. The number of hydrogen-bond acceptors (Lipinski definition) is 2. The highest BCUT2D eigenvalue weighted by Gasteiger charge is 2.45. The molecule has 1 fully saturated rings. The van der Waals surface area contributed by atoms with Crippen molar-refractivity contribution in [2.75, 3.05) is 13.1 Å². The van der Waals surface area contributed by atoms with Gasteiger partial charge in [0.25, 0.3) is 5.91 Å². The highest BCUT2D eigenvalue weighted by atomic mass is 19.1. The summed E-state index contributed by atoms with van der Waals surface area (Å²) in [5, 5.41) is 2.79. The zero-order chi connectivity index (χ0) is 14.8. The van der Waals surface area contributed by atoms with Gasteiger partial charge in [-0.3, -0.25) is 4.79 Å². The van der Waals surface area contributed by atoms with Crippen molar-refractivity contribution in [3.05, 3.63) is 35.1 Å². The molecule has 1 saturated carbocycles. The first-order valence-corrected chi connectivity index (χ1v) is 6.71. The van der Waals surface area contributed by atoms with Crippen LogP contribution in [-0.2, 0) is 0 Å². The molecule has 0 radical (unpaired) electrons. The van der Waals surface area contributed by atoms with Crippen LogP contribution in [-0.4, -0.2) is 19.0 Å². The summed E-state index contributed by atoms with van der Waals surface area (Å²) in [6, 6.07) is 4.26. The summed E-state index contributed by atoms with van der Waals surface area (Å²) < 4.78 is 13.7. The van der Waals surface area contributed by atoms with Gasteiger partial charge < -0.3 is 11.1 Å². The first-order valence-electron chi connectivity index (χ1n) is 6.71. The van der Waals surface area contributed by atoms with Gasteiger partial charge in [-0.25, -0.2) is 4.39 Å². The maximum absolute atomic E-state index is 13.7. The first-order chi connectivity index (χ1) is 9.44. The normalized spacial score (nSPS) is 18.9. The van der Waals surface area contributed by atoms with Crippen molar-refractivity contribution in [1.29, 1.82) is 0 Å². The Bertz CT molecular complexity index is 584. The van der Waals surface area contributed by atoms with Gasteiger partial charge in [0.05, 0.1) is 12.1 Å². The average Bonchev–Trinajstić information content (AvgIpc) is 3.02. The lowest BCUT2D eigenvalue weighted by atomic mass is 10.1. The standard InChI is InChI=1S/C16H19FN2O/c1-16(2)9-12(16)10-19-15(20)13-8-11(4-3-7-18)5-6-14(13)17/h5-6,8,12H,7,9-10,18H2,1-2H3,(H,19,20). The molecule has 1 aliphatic carbocycles. The van der Waals surface area contributed by atoms with Crippen molar-refractivity contribution in [3.8, 4) is 11.8 Å². The van der Waals surface area contributed by atoms with Gasteiger partial charge in [0.2, 0.25) is 0 Å². The van der Waals surface area contributed by atoms with E-state index >= 15 is 0 Å². The Morgan fingerprint density at radius 2 is 2.25 bits per heavy atom. The number of halogens is 1. The number of benzene rings is 1. The van der Waals surface area contributed by atoms with Gasteiger partial charge in [0.1, 0.15) is 5.82 Å². The van der Waals surface area contributed by atoms with E-state index in [1.54, 1.807) is 6.07 Å². The van der Waals surface area contributed by atoms with Crippen molar-refractivity contribution < 1.29 is 9.18 Å². The third-order valence-electron chi connectivity index (χ3n) is 3.77. The Morgan fingerprint density at radius 3 is 2.85 bits per heavy atom. The van der Waals surface area contributed by atoms with Crippen LogP contribution in [0.2, 0.25) is 0 Å². The van der Waals surface area contributed by atoms with Crippen LogP contribution < -0.4 is 11.1 Å². The van der Waals surface area contributed by atoms with E-state index in [4.69, 9.17) is 5.73 Å². The molecule has 1 aromatic carbocycles. The molecule has 0 saturated heterocycles. The predicted octanol–water partition coefficient (Wildman–Crippen LogP) is 1.91. The summed E-state index contributed by atoms with van der Waals surface area (Å²) in [5.41, 5.74) is 6.21. The Hall–Kier alpha value is -1.86. The molecule has 1 amide bonds. The van der Waals surface area contributed by atoms with E-state index in [2.05, 4.69) is 31.0 Å². The van der Waals surface area contributed by atoms with Gasteiger partial charge in [-0.15, -0.1) is 0 Å². The maximum Gasteiger partial charge on any atom is 0.254 e. The molecule has 20 heavy (non-hydrogen) atoms. The van der Waals surface area contributed by atoms with Crippen LogP contribution in [0.1, 0.15) is 36.2 Å². The molecule has 0 aliphatic heterocycles. The third-order valence-corrected chi connectivity index (χ3v) is 3.77. The fourth-order valence-corrected chi connectivity index (χ4v) is 2.17. The van der Waals surface area contributed by atoms with Crippen LogP contribution in [0.5, 0.6) is 0 Å². The predicted molar refractivity (Wildman–Crippen MR) is 76.6 cm³/mol. The van der Waals surface area contributed by atoms with Crippen LogP contribution in [0.15, 0.2) is 18.2 Å². The SMILES string of the molecule is CC1(C)CC1CNC(=O)c1cc(C#CCN)ccc1F. The zero-order valence-corrected chi connectivity index (χ0v) is 11.8. The molecular weight excluding hydrogens is 255 g/mol. The minimum Gasteiger partial charge on any atom is -0.352 e. The molecule has 0 spiro atoms. The average molecular weight is 274 g/mol. The van der Waals surface area contributed by atoms with E-state index in [0.717, 1.165) is 6.42 Å². The number of carbonyl (C=O) groups excluding carboxylic acids is 1. The number of nitrogens with one attached hydrogen (secondary N) is 1. The van der Waals surface area contributed by atoms with Crippen LogP contribution in [0.4, 0.5) is 4.39 Å². The molecule has 1 aliphatic rings. The monoisotopic (exact) mass is 274 g/mol. The molecule has 1 unspecified atom stereocenters. The summed E-state index contributed by atoms with van der Waals surface area (Å²) in [4.78, 5) is 12.0. The third kappa shape index (κ3) is 3.37. The molecule has 2 rings (SSSR count). The number of hydrogen-bond donors (Lipinski definition) is 2. The van der Waals surface area contributed by atoms with E-state index in [1.807, 2.05) is 0 Å². The van der Waals surface area contributed by atoms with Crippen molar-refractivity contribution in [2.45, 2.75) is 20.3 Å². The molecule has 3 nitrogen and oxygen atoms in total. The fraction of sp³-hybridized carbons (Fsp3) is 0.438. The molecule has 0 heterocycles. The fourth-order valence-electron chi connectivity index (χ4n) is 2.17. The van der Waals surface area contributed by atoms with Crippen LogP contribution in [0, 0.1) is 29.0 Å². The van der Waals surface area contributed by atoms with Gasteiger partial charge >= 0.3 is 0 Å². The molecular formula is C16H19FN2O. The number of amides is 1. The van der Waals surface area contributed by atoms with Gasteiger partial charge in [0.15, 0.2) is 0 Å².